The standard InChI is InChI=1S/C11H10N2S/c1-3-8(2)12-11-9-6-4-5-7-10(9)13-14-11/h1,4-8,12H,2H3. The van der Waals surface area contributed by atoms with Crippen molar-refractivity contribution in [2.24, 2.45) is 0 Å². The second-order valence-corrected chi connectivity index (χ2v) is 3.83. The summed E-state index contributed by atoms with van der Waals surface area (Å²) in [6, 6.07) is 8.07. The Morgan fingerprint density at radius 1 is 1.50 bits per heavy atom. The molecule has 14 heavy (non-hydrogen) atoms. The molecule has 1 atom stereocenters. The first-order valence-corrected chi connectivity index (χ1v) is 5.15. The number of benzene rings is 1. The van der Waals surface area contributed by atoms with E-state index in [0.717, 1.165) is 15.9 Å². The molecule has 0 aliphatic heterocycles. The van der Waals surface area contributed by atoms with Crippen molar-refractivity contribution in [2.45, 2.75) is 13.0 Å². The molecule has 0 saturated carbocycles. The maximum Gasteiger partial charge on any atom is 0.118 e. The summed E-state index contributed by atoms with van der Waals surface area (Å²) in [6.07, 6.45) is 5.30. The number of rotatable bonds is 2. The summed E-state index contributed by atoms with van der Waals surface area (Å²) in [5.41, 5.74) is 1.02. The van der Waals surface area contributed by atoms with Gasteiger partial charge in [-0.25, -0.2) is 0 Å². The van der Waals surface area contributed by atoms with Gasteiger partial charge in [0, 0.05) is 5.39 Å². The van der Waals surface area contributed by atoms with Gasteiger partial charge < -0.3 is 5.32 Å². The number of aromatic nitrogens is 1. The van der Waals surface area contributed by atoms with E-state index in [4.69, 9.17) is 6.42 Å². The lowest BCUT2D eigenvalue weighted by Crippen LogP contribution is -2.10. The van der Waals surface area contributed by atoms with Gasteiger partial charge in [-0.2, -0.15) is 4.37 Å². The zero-order chi connectivity index (χ0) is 9.97. The largest absolute Gasteiger partial charge is 0.362 e. The maximum absolute atomic E-state index is 5.30. The summed E-state index contributed by atoms with van der Waals surface area (Å²) in [6.45, 7) is 1.95. The van der Waals surface area contributed by atoms with Gasteiger partial charge in [-0.15, -0.1) is 6.42 Å². The van der Waals surface area contributed by atoms with E-state index in [1.54, 1.807) is 0 Å². The maximum atomic E-state index is 5.30. The molecule has 0 radical (unpaired) electrons. The summed E-state index contributed by atoms with van der Waals surface area (Å²) in [5.74, 6) is 2.64. The first-order valence-electron chi connectivity index (χ1n) is 4.38. The number of hydrogen-bond acceptors (Lipinski definition) is 3. The summed E-state index contributed by atoms with van der Waals surface area (Å²) in [7, 11) is 0. The normalized spacial score (nSPS) is 12.3. The van der Waals surface area contributed by atoms with Gasteiger partial charge in [0.25, 0.3) is 0 Å². The van der Waals surface area contributed by atoms with E-state index in [-0.39, 0.29) is 6.04 Å². The fourth-order valence-corrected chi connectivity index (χ4v) is 2.08. The Morgan fingerprint density at radius 3 is 3.07 bits per heavy atom. The first-order chi connectivity index (χ1) is 6.81. The van der Waals surface area contributed by atoms with Crippen LogP contribution in [-0.4, -0.2) is 10.4 Å². The van der Waals surface area contributed by atoms with Crippen LogP contribution in [0.4, 0.5) is 5.00 Å². The molecule has 1 aromatic carbocycles. The molecular weight excluding hydrogens is 192 g/mol. The van der Waals surface area contributed by atoms with Gasteiger partial charge in [-0.3, -0.25) is 0 Å². The molecule has 2 nitrogen and oxygen atoms in total. The van der Waals surface area contributed by atoms with Crippen LogP contribution < -0.4 is 5.32 Å². The highest BCUT2D eigenvalue weighted by atomic mass is 32.1. The molecule has 0 spiro atoms. The Labute approximate surface area is 87.1 Å². The predicted molar refractivity (Wildman–Crippen MR) is 61.5 cm³/mol. The Balaban J connectivity index is 2.39. The Bertz CT molecular complexity index is 481. The van der Waals surface area contributed by atoms with Crippen LogP contribution in [0.15, 0.2) is 24.3 Å². The molecule has 70 valence electrons. The number of anilines is 1. The van der Waals surface area contributed by atoms with E-state index in [9.17, 15) is 0 Å². The molecule has 0 bridgehead atoms. The summed E-state index contributed by atoms with van der Waals surface area (Å²) < 4.78 is 4.32. The number of terminal acetylenes is 1. The van der Waals surface area contributed by atoms with Gasteiger partial charge in [0.2, 0.25) is 0 Å². The van der Waals surface area contributed by atoms with Crippen LogP contribution in [-0.2, 0) is 0 Å². The van der Waals surface area contributed by atoms with E-state index in [1.807, 2.05) is 31.2 Å². The van der Waals surface area contributed by atoms with Gasteiger partial charge in [-0.1, -0.05) is 18.1 Å². The molecule has 0 aliphatic carbocycles. The van der Waals surface area contributed by atoms with E-state index in [1.165, 1.54) is 11.5 Å². The smallest absolute Gasteiger partial charge is 0.118 e. The van der Waals surface area contributed by atoms with Gasteiger partial charge in [-0.05, 0) is 30.6 Å². The lowest BCUT2D eigenvalue weighted by atomic mass is 10.2. The van der Waals surface area contributed by atoms with Crippen molar-refractivity contribution in [1.82, 2.24) is 4.37 Å². The number of hydrogen-bond donors (Lipinski definition) is 1. The third-order valence-electron chi connectivity index (χ3n) is 1.98. The fourth-order valence-electron chi connectivity index (χ4n) is 1.23. The highest BCUT2D eigenvalue weighted by Crippen LogP contribution is 2.27. The highest BCUT2D eigenvalue weighted by Gasteiger charge is 2.05. The lowest BCUT2D eigenvalue weighted by molar-refractivity contribution is 1.05. The van der Waals surface area contributed by atoms with Crippen molar-refractivity contribution in [3.63, 3.8) is 0 Å². The molecule has 0 amide bonds. The Kier molecular flexibility index (Phi) is 2.38. The van der Waals surface area contributed by atoms with Crippen molar-refractivity contribution < 1.29 is 0 Å². The molecule has 1 heterocycles. The molecule has 0 saturated heterocycles. The summed E-state index contributed by atoms with van der Waals surface area (Å²) >= 11 is 1.45. The van der Waals surface area contributed by atoms with Crippen molar-refractivity contribution in [3.05, 3.63) is 24.3 Å². The van der Waals surface area contributed by atoms with E-state index >= 15 is 0 Å². The van der Waals surface area contributed by atoms with Gasteiger partial charge in [0.05, 0.1) is 11.6 Å². The van der Waals surface area contributed by atoms with Gasteiger partial charge in [0.1, 0.15) is 5.00 Å². The third kappa shape index (κ3) is 1.57. The number of fused-ring (bicyclic) bond motifs is 1. The number of nitrogens with one attached hydrogen (secondary N) is 1. The SMILES string of the molecule is C#CC(C)Nc1snc2ccccc12. The van der Waals surface area contributed by atoms with Crippen LogP contribution in [0.5, 0.6) is 0 Å². The van der Waals surface area contributed by atoms with E-state index in [2.05, 4.69) is 15.6 Å². The molecule has 0 aliphatic rings. The molecule has 1 unspecified atom stereocenters. The van der Waals surface area contributed by atoms with Crippen LogP contribution in [0.1, 0.15) is 6.92 Å². The van der Waals surface area contributed by atoms with Crippen molar-refractivity contribution in [3.8, 4) is 12.3 Å². The van der Waals surface area contributed by atoms with Crippen LogP contribution >= 0.6 is 11.5 Å². The topological polar surface area (TPSA) is 24.9 Å². The monoisotopic (exact) mass is 202 g/mol. The second-order valence-electron chi connectivity index (χ2n) is 3.06. The lowest BCUT2D eigenvalue weighted by Gasteiger charge is -2.05. The van der Waals surface area contributed by atoms with Gasteiger partial charge >= 0.3 is 0 Å². The minimum Gasteiger partial charge on any atom is -0.362 e. The van der Waals surface area contributed by atoms with Crippen LogP contribution in [0.2, 0.25) is 0 Å². The van der Waals surface area contributed by atoms with Crippen LogP contribution in [0.25, 0.3) is 10.9 Å². The van der Waals surface area contributed by atoms with Gasteiger partial charge in [0.15, 0.2) is 0 Å². The Morgan fingerprint density at radius 2 is 2.29 bits per heavy atom. The highest BCUT2D eigenvalue weighted by molar-refractivity contribution is 7.11. The molecule has 0 fully saturated rings. The fraction of sp³-hybridized carbons (Fsp3) is 0.182. The average molecular weight is 202 g/mol. The number of nitrogens with zero attached hydrogens (tertiary/aromatic N) is 1. The van der Waals surface area contributed by atoms with E-state index in [0.29, 0.717) is 0 Å². The van der Waals surface area contributed by atoms with Crippen molar-refractivity contribution in [2.75, 3.05) is 5.32 Å². The van der Waals surface area contributed by atoms with Crippen LogP contribution in [0.3, 0.4) is 0 Å². The zero-order valence-electron chi connectivity index (χ0n) is 7.82. The Hall–Kier alpha value is -1.53. The zero-order valence-corrected chi connectivity index (χ0v) is 8.64. The molecule has 1 N–H and O–H groups in total. The minimum atomic E-state index is 0.0406. The second kappa shape index (κ2) is 3.69. The molecule has 2 rings (SSSR count). The summed E-state index contributed by atoms with van der Waals surface area (Å²) in [5, 5.41) is 5.42. The van der Waals surface area contributed by atoms with Crippen LogP contribution in [0, 0.1) is 12.3 Å². The van der Waals surface area contributed by atoms with E-state index < -0.39 is 0 Å². The predicted octanol–water partition coefficient (Wildman–Crippen LogP) is 2.73. The average Bonchev–Trinajstić information content (AvgIpc) is 2.62. The van der Waals surface area contributed by atoms with Crippen molar-refractivity contribution >= 4 is 27.4 Å². The molecule has 2 aromatic rings. The van der Waals surface area contributed by atoms with Crippen molar-refractivity contribution in [1.29, 1.82) is 0 Å². The molecule has 1 aromatic heterocycles. The molecular formula is C11H10N2S. The summed E-state index contributed by atoms with van der Waals surface area (Å²) in [4.78, 5) is 0. The quantitative estimate of drug-likeness (QED) is 0.757. The minimum absolute atomic E-state index is 0.0406. The first kappa shape index (κ1) is 9.04. The third-order valence-corrected chi connectivity index (χ3v) is 2.79. The molecule has 3 heteroatoms.